The van der Waals surface area contributed by atoms with Gasteiger partial charge in [-0.1, -0.05) is 28.1 Å². The van der Waals surface area contributed by atoms with Crippen molar-refractivity contribution in [3.63, 3.8) is 0 Å². The van der Waals surface area contributed by atoms with Crippen molar-refractivity contribution >= 4 is 38.6 Å². The summed E-state index contributed by atoms with van der Waals surface area (Å²) >= 11 is 3.19. The maximum Gasteiger partial charge on any atom is 0.0715 e. The van der Waals surface area contributed by atoms with Crippen LogP contribution in [0.15, 0.2) is 34.8 Å². The van der Waals surface area contributed by atoms with Crippen LogP contribution >= 0.6 is 15.9 Å². The van der Waals surface area contributed by atoms with E-state index >= 15 is 0 Å². The number of fused-ring (bicyclic) bond motifs is 1. The molecule has 0 atom stereocenters. The second-order valence-electron chi connectivity index (χ2n) is 3.47. The van der Waals surface area contributed by atoms with Gasteiger partial charge < -0.3 is 19.8 Å². The monoisotopic (exact) mass is 292 g/mol. The van der Waals surface area contributed by atoms with Crippen molar-refractivity contribution in [2.24, 2.45) is 0 Å². The molecule has 0 aliphatic rings. The maximum atomic E-state index is 10.7. The number of carbonyl (C=O) groups excluding carboxylic acids is 2. The van der Waals surface area contributed by atoms with Gasteiger partial charge in [-0.05, 0) is 40.1 Å². The lowest BCUT2D eigenvalue weighted by Crippen LogP contribution is -2.22. The van der Waals surface area contributed by atoms with Crippen LogP contribution in [0.1, 0.15) is 20.7 Å². The summed E-state index contributed by atoms with van der Waals surface area (Å²) in [5.41, 5.74) is 0.0741. The Morgan fingerprint density at radius 1 is 0.941 bits per heavy atom. The van der Waals surface area contributed by atoms with E-state index in [1.54, 1.807) is 0 Å². The highest BCUT2D eigenvalue weighted by Crippen LogP contribution is 2.26. The molecule has 0 aliphatic heterocycles. The fraction of sp³-hybridized carbons (Fsp3) is 0. The van der Waals surface area contributed by atoms with Gasteiger partial charge in [0.05, 0.1) is 11.9 Å². The molecule has 0 saturated heterocycles. The molecule has 0 N–H and O–H groups in total. The van der Waals surface area contributed by atoms with Gasteiger partial charge in [0.2, 0.25) is 0 Å². The van der Waals surface area contributed by atoms with Crippen LogP contribution in [0.5, 0.6) is 0 Å². The smallest absolute Gasteiger partial charge is 0.0715 e. The van der Waals surface area contributed by atoms with Gasteiger partial charge in [0.15, 0.2) is 0 Å². The number of hydrogen-bond donors (Lipinski definition) is 0. The van der Waals surface area contributed by atoms with E-state index < -0.39 is 11.9 Å². The minimum atomic E-state index is -1.28. The summed E-state index contributed by atoms with van der Waals surface area (Å²) in [4.78, 5) is 21.4. The summed E-state index contributed by atoms with van der Waals surface area (Å²) in [6.07, 6.45) is 0. The molecule has 0 unspecified atom stereocenters. The van der Waals surface area contributed by atoms with Crippen molar-refractivity contribution in [3.05, 3.63) is 45.9 Å². The Bertz CT molecular complexity index is 634. The summed E-state index contributed by atoms with van der Waals surface area (Å²) in [6.45, 7) is 0. The van der Waals surface area contributed by atoms with E-state index in [0.717, 1.165) is 0 Å². The van der Waals surface area contributed by atoms with Gasteiger partial charge in [0.1, 0.15) is 0 Å². The zero-order valence-electron chi connectivity index (χ0n) is 8.40. The van der Waals surface area contributed by atoms with E-state index in [2.05, 4.69) is 15.9 Å². The van der Waals surface area contributed by atoms with Gasteiger partial charge >= 0.3 is 0 Å². The van der Waals surface area contributed by atoms with Crippen LogP contribution in [0.3, 0.4) is 0 Å². The third-order valence-electron chi connectivity index (χ3n) is 2.38. The van der Waals surface area contributed by atoms with Crippen LogP contribution in [0.2, 0.25) is 0 Å². The first kappa shape index (κ1) is 11.6. The molecule has 0 aliphatic carbocycles. The van der Waals surface area contributed by atoms with Gasteiger partial charge in [0, 0.05) is 4.47 Å². The van der Waals surface area contributed by atoms with Crippen molar-refractivity contribution in [2.45, 2.75) is 0 Å². The van der Waals surface area contributed by atoms with E-state index in [1.165, 1.54) is 30.3 Å². The number of carboxylic acids is 2. The minimum absolute atomic E-state index is 0.0329. The minimum Gasteiger partial charge on any atom is -0.545 e. The number of hydrogen-bond acceptors (Lipinski definition) is 4. The number of rotatable bonds is 2. The molecule has 2 aromatic carbocycles. The molecule has 0 fully saturated rings. The topological polar surface area (TPSA) is 80.3 Å². The number of carboxylic acid groups (broad SMARTS) is 2. The zero-order valence-corrected chi connectivity index (χ0v) is 9.98. The van der Waals surface area contributed by atoms with Crippen LogP contribution in [-0.2, 0) is 0 Å². The molecule has 2 rings (SSSR count). The number of benzene rings is 2. The second-order valence-corrected chi connectivity index (χ2v) is 4.32. The van der Waals surface area contributed by atoms with E-state index in [1.807, 2.05) is 0 Å². The highest BCUT2D eigenvalue weighted by atomic mass is 79.9. The van der Waals surface area contributed by atoms with Crippen LogP contribution < -0.4 is 10.2 Å². The number of carbonyl (C=O) groups is 2. The molecule has 0 saturated carbocycles. The molecule has 0 spiro atoms. The molecule has 0 amide bonds. The third-order valence-corrected chi connectivity index (χ3v) is 3.03. The SMILES string of the molecule is O=C([O-])c1cc(Br)c2cc(C(=O)[O-])ccc2c1. The van der Waals surface area contributed by atoms with Crippen LogP contribution in [-0.4, -0.2) is 11.9 Å². The van der Waals surface area contributed by atoms with Gasteiger partial charge in [-0.25, -0.2) is 0 Å². The number of aromatic carboxylic acids is 2. The lowest BCUT2D eigenvalue weighted by molar-refractivity contribution is -0.256. The zero-order chi connectivity index (χ0) is 12.6. The summed E-state index contributed by atoms with van der Waals surface area (Å²) in [5, 5.41) is 22.7. The fourth-order valence-electron chi connectivity index (χ4n) is 1.56. The van der Waals surface area contributed by atoms with Gasteiger partial charge in [-0.3, -0.25) is 0 Å². The van der Waals surface area contributed by atoms with Gasteiger partial charge in [-0.15, -0.1) is 0 Å². The first-order chi connectivity index (χ1) is 7.99. The molecule has 0 heterocycles. The Labute approximate surface area is 105 Å². The quantitative estimate of drug-likeness (QED) is 0.799. The predicted octanol–water partition coefficient (Wildman–Crippen LogP) is 0.329. The van der Waals surface area contributed by atoms with E-state index in [4.69, 9.17) is 0 Å². The second kappa shape index (κ2) is 4.18. The molecule has 0 radical (unpaired) electrons. The standard InChI is InChI=1S/C12H7BrO4/c13-10-5-8(12(16)17)3-6-1-2-7(11(14)15)4-9(6)10/h1-5H,(H,14,15)(H,16,17)/p-2. The van der Waals surface area contributed by atoms with Gasteiger partial charge in [-0.2, -0.15) is 0 Å². The molecular formula is C12H5BrO4-2. The lowest BCUT2D eigenvalue weighted by Gasteiger charge is -2.09. The largest absolute Gasteiger partial charge is 0.545 e. The van der Waals surface area contributed by atoms with Crippen molar-refractivity contribution in [1.82, 2.24) is 0 Å². The van der Waals surface area contributed by atoms with Crippen LogP contribution in [0.25, 0.3) is 10.8 Å². The lowest BCUT2D eigenvalue weighted by atomic mass is 10.0. The summed E-state index contributed by atoms with van der Waals surface area (Å²) in [6, 6.07) is 7.11. The maximum absolute atomic E-state index is 10.7. The highest BCUT2D eigenvalue weighted by molar-refractivity contribution is 9.10. The summed E-state index contributed by atoms with van der Waals surface area (Å²) in [5.74, 6) is -2.56. The first-order valence-corrected chi connectivity index (χ1v) is 5.44. The fourth-order valence-corrected chi connectivity index (χ4v) is 2.15. The predicted molar refractivity (Wildman–Crippen MR) is 60.3 cm³/mol. The van der Waals surface area contributed by atoms with Crippen LogP contribution in [0.4, 0.5) is 0 Å². The van der Waals surface area contributed by atoms with Crippen molar-refractivity contribution < 1.29 is 19.8 Å². The van der Waals surface area contributed by atoms with Crippen molar-refractivity contribution in [1.29, 1.82) is 0 Å². The molecule has 5 heteroatoms. The Balaban J connectivity index is 2.72. The Morgan fingerprint density at radius 2 is 1.59 bits per heavy atom. The first-order valence-electron chi connectivity index (χ1n) is 4.65. The van der Waals surface area contributed by atoms with Crippen LogP contribution in [0, 0.1) is 0 Å². The average molecular weight is 293 g/mol. The number of halogens is 1. The Hall–Kier alpha value is -1.88. The summed E-state index contributed by atoms with van der Waals surface area (Å²) < 4.78 is 0.498. The molecule has 86 valence electrons. The third kappa shape index (κ3) is 2.14. The highest BCUT2D eigenvalue weighted by Gasteiger charge is 2.04. The molecule has 2 aromatic rings. The molecular weight excluding hydrogens is 288 g/mol. The Morgan fingerprint density at radius 3 is 2.18 bits per heavy atom. The average Bonchev–Trinajstić information content (AvgIpc) is 2.28. The molecule has 4 nitrogen and oxygen atoms in total. The van der Waals surface area contributed by atoms with Crippen molar-refractivity contribution in [3.8, 4) is 0 Å². The molecule has 0 bridgehead atoms. The van der Waals surface area contributed by atoms with Crippen molar-refractivity contribution in [2.75, 3.05) is 0 Å². The van der Waals surface area contributed by atoms with E-state index in [9.17, 15) is 19.8 Å². The molecule has 17 heavy (non-hydrogen) atoms. The van der Waals surface area contributed by atoms with E-state index in [-0.39, 0.29) is 11.1 Å². The summed E-state index contributed by atoms with van der Waals surface area (Å²) in [7, 11) is 0. The molecule has 0 aromatic heterocycles. The van der Waals surface area contributed by atoms with Gasteiger partial charge in [0.25, 0.3) is 0 Å². The van der Waals surface area contributed by atoms with E-state index in [0.29, 0.717) is 15.2 Å². The normalized spacial score (nSPS) is 10.4. The Kier molecular flexibility index (Phi) is 2.85.